The van der Waals surface area contributed by atoms with E-state index < -0.39 is 11.7 Å². The zero-order chi connectivity index (χ0) is 14.6. The average Bonchev–Trinajstić information content (AvgIpc) is 2.38. The topological polar surface area (TPSA) is 75.4 Å². The molecule has 1 unspecified atom stereocenters. The number of benzene rings is 1. The number of carbonyl (C=O) groups excluding carboxylic acids is 2. The molecule has 1 rings (SSSR count). The van der Waals surface area contributed by atoms with Crippen LogP contribution < -0.4 is 11.1 Å². The summed E-state index contributed by atoms with van der Waals surface area (Å²) in [7, 11) is 3.06. The average molecular weight is 304 g/mol. The van der Waals surface area contributed by atoms with E-state index in [4.69, 9.17) is 5.73 Å². The Hall–Kier alpha value is -1.66. The molecule has 0 aliphatic carbocycles. The van der Waals surface area contributed by atoms with Gasteiger partial charge in [0.1, 0.15) is 5.82 Å². The molecule has 7 heteroatoms. The molecular formula is C13H19ClFN3O2. The van der Waals surface area contributed by atoms with E-state index in [0.29, 0.717) is 5.69 Å². The fourth-order valence-corrected chi connectivity index (χ4v) is 1.38. The Morgan fingerprint density at radius 3 is 2.50 bits per heavy atom. The smallest absolute Gasteiger partial charge is 0.256 e. The molecule has 5 nitrogen and oxygen atoms in total. The van der Waals surface area contributed by atoms with Gasteiger partial charge in [-0.3, -0.25) is 9.59 Å². The fourth-order valence-electron chi connectivity index (χ4n) is 1.38. The third kappa shape index (κ3) is 4.47. The predicted octanol–water partition coefficient (Wildman–Crippen LogP) is 1.48. The lowest BCUT2D eigenvalue weighted by atomic mass is 10.1. The van der Waals surface area contributed by atoms with Crippen molar-refractivity contribution in [3.8, 4) is 0 Å². The van der Waals surface area contributed by atoms with E-state index in [9.17, 15) is 14.0 Å². The van der Waals surface area contributed by atoms with E-state index in [-0.39, 0.29) is 36.3 Å². The Kier molecular flexibility index (Phi) is 7.17. The lowest BCUT2D eigenvalue weighted by molar-refractivity contribution is -0.119. The molecule has 1 aromatic carbocycles. The van der Waals surface area contributed by atoms with Crippen molar-refractivity contribution in [2.45, 2.75) is 6.92 Å². The second kappa shape index (κ2) is 7.81. The van der Waals surface area contributed by atoms with Crippen LogP contribution in [0, 0.1) is 11.7 Å². The Labute approximate surface area is 123 Å². The van der Waals surface area contributed by atoms with Crippen molar-refractivity contribution in [1.29, 1.82) is 0 Å². The van der Waals surface area contributed by atoms with Crippen LogP contribution in [0.4, 0.5) is 10.1 Å². The fraction of sp³-hybridized carbons (Fsp3) is 0.385. The Morgan fingerprint density at radius 1 is 1.40 bits per heavy atom. The van der Waals surface area contributed by atoms with Gasteiger partial charge < -0.3 is 16.0 Å². The van der Waals surface area contributed by atoms with Crippen LogP contribution in [-0.2, 0) is 4.79 Å². The lowest BCUT2D eigenvalue weighted by Gasteiger charge is -2.14. The first-order chi connectivity index (χ1) is 8.86. The van der Waals surface area contributed by atoms with Gasteiger partial charge in [0, 0.05) is 32.2 Å². The maximum Gasteiger partial charge on any atom is 0.256 e. The van der Waals surface area contributed by atoms with E-state index in [1.165, 1.54) is 31.1 Å². The number of halogens is 2. The highest BCUT2D eigenvalue weighted by molar-refractivity contribution is 5.97. The molecule has 0 saturated carbocycles. The second-order valence-corrected chi connectivity index (χ2v) is 4.52. The van der Waals surface area contributed by atoms with Crippen LogP contribution in [-0.4, -0.2) is 37.4 Å². The first-order valence-electron chi connectivity index (χ1n) is 5.89. The highest BCUT2D eigenvalue weighted by Gasteiger charge is 2.16. The van der Waals surface area contributed by atoms with Crippen molar-refractivity contribution in [3.63, 3.8) is 0 Å². The van der Waals surface area contributed by atoms with Crippen molar-refractivity contribution in [1.82, 2.24) is 4.90 Å². The van der Waals surface area contributed by atoms with Crippen molar-refractivity contribution in [2.24, 2.45) is 11.7 Å². The van der Waals surface area contributed by atoms with Crippen molar-refractivity contribution >= 4 is 29.9 Å². The summed E-state index contributed by atoms with van der Waals surface area (Å²) in [6, 6.07) is 3.88. The quantitative estimate of drug-likeness (QED) is 0.884. The molecule has 0 fully saturated rings. The summed E-state index contributed by atoms with van der Waals surface area (Å²) in [5.74, 6) is -1.69. The highest BCUT2D eigenvalue weighted by Crippen LogP contribution is 2.16. The van der Waals surface area contributed by atoms with Gasteiger partial charge in [-0.2, -0.15) is 0 Å². The molecule has 1 aromatic rings. The molecule has 1 atom stereocenters. The molecule has 2 amide bonds. The van der Waals surface area contributed by atoms with Gasteiger partial charge >= 0.3 is 0 Å². The van der Waals surface area contributed by atoms with Crippen molar-refractivity contribution in [3.05, 3.63) is 29.6 Å². The normalized spacial score (nSPS) is 11.2. The van der Waals surface area contributed by atoms with Crippen LogP contribution in [0.25, 0.3) is 0 Å². The summed E-state index contributed by atoms with van der Waals surface area (Å²) in [4.78, 5) is 24.7. The zero-order valence-corrected chi connectivity index (χ0v) is 12.5. The third-order valence-corrected chi connectivity index (χ3v) is 2.67. The first-order valence-corrected chi connectivity index (χ1v) is 5.89. The van der Waals surface area contributed by atoms with Gasteiger partial charge in [-0.15, -0.1) is 12.4 Å². The van der Waals surface area contributed by atoms with Gasteiger partial charge in [-0.1, -0.05) is 6.92 Å². The molecule has 0 aliphatic rings. The Morgan fingerprint density at radius 2 is 2.00 bits per heavy atom. The number of carbonyl (C=O) groups is 2. The van der Waals surface area contributed by atoms with Gasteiger partial charge in [0.25, 0.3) is 5.91 Å². The van der Waals surface area contributed by atoms with Crippen molar-refractivity contribution in [2.75, 3.05) is 26.0 Å². The van der Waals surface area contributed by atoms with Gasteiger partial charge in [0.2, 0.25) is 5.91 Å². The molecule has 112 valence electrons. The van der Waals surface area contributed by atoms with Gasteiger partial charge in [0.15, 0.2) is 0 Å². The molecular weight excluding hydrogens is 285 g/mol. The molecule has 0 aromatic heterocycles. The van der Waals surface area contributed by atoms with E-state index in [1.807, 2.05) is 0 Å². The van der Waals surface area contributed by atoms with Gasteiger partial charge in [-0.05, 0) is 18.2 Å². The minimum atomic E-state index is -0.622. The molecule has 0 spiro atoms. The van der Waals surface area contributed by atoms with Gasteiger partial charge in [0.05, 0.1) is 5.56 Å². The molecule has 0 radical (unpaired) electrons. The minimum absolute atomic E-state index is 0. The van der Waals surface area contributed by atoms with Crippen LogP contribution in [0.3, 0.4) is 0 Å². The maximum absolute atomic E-state index is 13.6. The van der Waals surface area contributed by atoms with E-state index in [0.717, 1.165) is 6.07 Å². The SMILES string of the molecule is CC(CN)C(=O)Nc1ccc(F)c(C(=O)N(C)C)c1.Cl. The summed E-state index contributed by atoms with van der Waals surface area (Å²) >= 11 is 0. The number of nitrogens with zero attached hydrogens (tertiary/aromatic N) is 1. The van der Waals surface area contributed by atoms with Crippen LogP contribution in [0.5, 0.6) is 0 Å². The minimum Gasteiger partial charge on any atom is -0.345 e. The summed E-state index contributed by atoms with van der Waals surface area (Å²) in [5.41, 5.74) is 5.68. The Bertz CT molecular complexity index is 495. The number of nitrogens with one attached hydrogen (secondary N) is 1. The third-order valence-electron chi connectivity index (χ3n) is 2.67. The summed E-state index contributed by atoms with van der Waals surface area (Å²) in [5, 5.41) is 2.60. The van der Waals surface area contributed by atoms with Crippen LogP contribution >= 0.6 is 12.4 Å². The van der Waals surface area contributed by atoms with E-state index >= 15 is 0 Å². The molecule has 0 saturated heterocycles. The first kappa shape index (κ1) is 18.3. The number of hydrogen-bond acceptors (Lipinski definition) is 3. The lowest BCUT2D eigenvalue weighted by Crippen LogP contribution is -2.27. The molecule has 20 heavy (non-hydrogen) atoms. The van der Waals surface area contributed by atoms with E-state index in [2.05, 4.69) is 5.32 Å². The maximum atomic E-state index is 13.6. The van der Waals surface area contributed by atoms with Crippen LogP contribution in [0.15, 0.2) is 18.2 Å². The zero-order valence-electron chi connectivity index (χ0n) is 11.6. The molecule has 3 N–H and O–H groups in total. The summed E-state index contributed by atoms with van der Waals surface area (Å²) in [6.07, 6.45) is 0. The summed E-state index contributed by atoms with van der Waals surface area (Å²) in [6.45, 7) is 1.90. The number of nitrogens with two attached hydrogens (primary N) is 1. The van der Waals surface area contributed by atoms with Crippen LogP contribution in [0.1, 0.15) is 17.3 Å². The molecule has 0 heterocycles. The summed E-state index contributed by atoms with van der Waals surface area (Å²) < 4.78 is 13.6. The monoisotopic (exact) mass is 303 g/mol. The Balaban J connectivity index is 0.00000361. The molecule has 0 aliphatic heterocycles. The number of amides is 2. The van der Waals surface area contributed by atoms with Crippen LogP contribution in [0.2, 0.25) is 0 Å². The standard InChI is InChI=1S/C13H18FN3O2.ClH/c1-8(7-15)12(18)16-9-4-5-11(14)10(6-9)13(19)17(2)3;/h4-6,8H,7,15H2,1-3H3,(H,16,18);1H. The number of anilines is 1. The largest absolute Gasteiger partial charge is 0.345 e. The molecule has 0 bridgehead atoms. The number of rotatable bonds is 4. The predicted molar refractivity (Wildman–Crippen MR) is 78.5 cm³/mol. The highest BCUT2D eigenvalue weighted by atomic mass is 35.5. The van der Waals surface area contributed by atoms with E-state index in [1.54, 1.807) is 6.92 Å². The van der Waals surface area contributed by atoms with Gasteiger partial charge in [-0.25, -0.2) is 4.39 Å². The number of hydrogen-bond donors (Lipinski definition) is 2. The second-order valence-electron chi connectivity index (χ2n) is 4.52. The van der Waals surface area contributed by atoms with Crippen molar-refractivity contribution < 1.29 is 14.0 Å².